The van der Waals surface area contributed by atoms with Gasteiger partial charge in [-0.25, -0.2) is 0 Å². The smallest absolute Gasteiger partial charge is 0.119 e. The highest BCUT2D eigenvalue weighted by Crippen LogP contribution is 2.32. The van der Waals surface area contributed by atoms with Crippen LogP contribution in [0.4, 0.5) is 0 Å². The Morgan fingerprint density at radius 1 is 0.735 bits per heavy atom. The Morgan fingerprint density at radius 2 is 1.29 bits per heavy atom. The highest BCUT2D eigenvalue weighted by atomic mass is 35.5. The largest absolute Gasteiger partial charge is 0.497 e. The predicted molar refractivity (Wildman–Crippen MR) is 140 cm³/mol. The van der Waals surface area contributed by atoms with Gasteiger partial charge in [0.1, 0.15) is 30.0 Å². The zero-order chi connectivity index (χ0) is 23.3. The van der Waals surface area contributed by atoms with Gasteiger partial charge in [-0.05, 0) is 66.9 Å². The fourth-order valence-corrected chi connectivity index (χ4v) is 3.83. The summed E-state index contributed by atoms with van der Waals surface area (Å²) in [4.78, 5) is 0. The SMILES string of the molecule is COc1ccc(C(CCCCNC[C@H](O)COc2ccccc2)c2ccc(OC)cc2)cc1.Cl. The van der Waals surface area contributed by atoms with Gasteiger partial charge in [0.15, 0.2) is 0 Å². The van der Waals surface area contributed by atoms with Crippen molar-refractivity contribution in [2.75, 3.05) is 33.9 Å². The molecule has 0 aliphatic rings. The molecule has 0 bridgehead atoms. The average molecular weight is 486 g/mol. The lowest BCUT2D eigenvalue weighted by Crippen LogP contribution is -2.32. The lowest BCUT2D eigenvalue weighted by Gasteiger charge is -2.19. The molecule has 5 nitrogen and oxygen atoms in total. The second-order valence-corrected chi connectivity index (χ2v) is 8.08. The van der Waals surface area contributed by atoms with Crippen molar-refractivity contribution in [2.24, 2.45) is 0 Å². The number of hydrogen-bond acceptors (Lipinski definition) is 5. The number of para-hydroxylation sites is 1. The number of unbranched alkanes of at least 4 members (excludes halogenated alkanes) is 1. The summed E-state index contributed by atoms with van der Waals surface area (Å²) in [6.45, 7) is 1.67. The van der Waals surface area contributed by atoms with Gasteiger partial charge in [-0.3, -0.25) is 0 Å². The molecule has 0 radical (unpaired) electrons. The van der Waals surface area contributed by atoms with Crippen LogP contribution in [-0.2, 0) is 0 Å². The maximum absolute atomic E-state index is 10.1. The molecular formula is C28H36ClNO4. The van der Waals surface area contributed by atoms with E-state index >= 15 is 0 Å². The molecule has 0 spiro atoms. The summed E-state index contributed by atoms with van der Waals surface area (Å²) in [5.41, 5.74) is 2.56. The second kappa shape index (κ2) is 15.2. The normalized spacial score (nSPS) is 11.5. The quantitative estimate of drug-likeness (QED) is 0.297. The maximum atomic E-state index is 10.1. The first-order valence-electron chi connectivity index (χ1n) is 11.5. The molecule has 1 atom stereocenters. The Labute approximate surface area is 209 Å². The van der Waals surface area contributed by atoms with Crippen LogP contribution in [0, 0.1) is 0 Å². The molecule has 184 valence electrons. The van der Waals surface area contributed by atoms with Crippen molar-refractivity contribution in [3.8, 4) is 17.2 Å². The van der Waals surface area contributed by atoms with E-state index in [0.29, 0.717) is 12.5 Å². The Hall–Kier alpha value is -2.73. The number of halogens is 1. The van der Waals surface area contributed by atoms with Gasteiger partial charge >= 0.3 is 0 Å². The number of nitrogens with one attached hydrogen (secondary N) is 1. The molecule has 0 aromatic heterocycles. The summed E-state index contributed by atoms with van der Waals surface area (Å²) in [7, 11) is 3.38. The van der Waals surface area contributed by atoms with E-state index in [2.05, 4.69) is 29.6 Å². The molecule has 6 heteroatoms. The summed E-state index contributed by atoms with van der Waals surface area (Å²) in [5, 5.41) is 13.5. The molecule has 2 N–H and O–H groups in total. The molecular weight excluding hydrogens is 450 g/mol. The minimum Gasteiger partial charge on any atom is -0.497 e. The molecule has 0 saturated carbocycles. The minimum absolute atomic E-state index is 0. The average Bonchev–Trinajstić information content (AvgIpc) is 2.88. The summed E-state index contributed by atoms with van der Waals surface area (Å²) in [6, 6.07) is 26.2. The van der Waals surface area contributed by atoms with Crippen molar-refractivity contribution in [1.82, 2.24) is 5.32 Å². The van der Waals surface area contributed by atoms with Crippen LogP contribution in [-0.4, -0.2) is 45.1 Å². The lowest BCUT2D eigenvalue weighted by molar-refractivity contribution is 0.106. The molecule has 0 heterocycles. The highest BCUT2D eigenvalue weighted by molar-refractivity contribution is 5.85. The third-order valence-electron chi connectivity index (χ3n) is 5.70. The van der Waals surface area contributed by atoms with E-state index in [1.807, 2.05) is 54.6 Å². The van der Waals surface area contributed by atoms with Crippen molar-refractivity contribution in [3.05, 3.63) is 90.0 Å². The van der Waals surface area contributed by atoms with Crippen LogP contribution >= 0.6 is 12.4 Å². The van der Waals surface area contributed by atoms with Crippen molar-refractivity contribution in [1.29, 1.82) is 0 Å². The first-order chi connectivity index (χ1) is 16.2. The molecule has 3 rings (SSSR count). The zero-order valence-electron chi connectivity index (χ0n) is 20.0. The third-order valence-corrected chi connectivity index (χ3v) is 5.70. The van der Waals surface area contributed by atoms with Crippen LogP contribution in [0.25, 0.3) is 0 Å². The van der Waals surface area contributed by atoms with Gasteiger partial charge in [-0.2, -0.15) is 0 Å². The van der Waals surface area contributed by atoms with E-state index in [4.69, 9.17) is 14.2 Å². The number of aliphatic hydroxyl groups is 1. The van der Waals surface area contributed by atoms with Crippen LogP contribution in [0.5, 0.6) is 17.2 Å². The maximum Gasteiger partial charge on any atom is 0.119 e. The van der Waals surface area contributed by atoms with Gasteiger partial charge in [-0.1, -0.05) is 48.9 Å². The van der Waals surface area contributed by atoms with Crippen LogP contribution in [0.15, 0.2) is 78.9 Å². The van der Waals surface area contributed by atoms with Gasteiger partial charge in [0.2, 0.25) is 0 Å². The molecule has 0 amide bonds. The van der Waals surface area contributed by atoms with Crippen molar-refractivity contribution < 1.29 is 19.3 Å². The summed E-state index contributed by atoms with van der Waals surface area (Å²) in [5.74, 6) is 2.82. The summed E-state index contributed by atoms with van der Waals surface area (Å²) >= 11 is 0. The van der Waals surface area contributed by atoms with Crippen molar-refractivity contribution >= 4 is 12.4 Å². The molecule has 3 aromatic rings. The number of hydrogen-bond donors (Lipinski definition) is 2. The van der Waals surface area contributed by atoms with Gasteiger partial charge < -0.3 is 24.6 Å². The summed E-state index contributed by atoms with van der Waals surface area (Å²) < 4.78 is 16.2. The van der Waals surface area contributed by atoms with Gasteiger partial charge in [0, 0.05) is 12.5 Å². The fourth-order valence-electron chi connectivity index (χ4n) is 3.83. The Morgan fingerprint density at radius 3 is 1.82 bits per heavy atom. The Bertz CT molecular complexity index is 872. The van der Waals surface area contributed by atoms with E-state index in [1.165, 1.54) is 11.1 Å². The number of rotatable bonds is 14. The number of aliphatic hydroxyl groups excluding tert-OH is 1. The predicted octanol–water partition coefficient (Wildman–Crippen LogP) is 5.46. The molecule has 34 heavy (non-hydrogen) atoms. The summed E-state index contributed by atoms with van der Waals surface area (Å²) in [6.07, 6.45) is 2.62. The third kappa shape index (κ3) is 8.90. The molecule has 3 aromatic carbocycles. The monoisotopic (exact) mass is 485 g/mol. The van der Waals surface area contributed by atoms with E-state index in [1.54, 1.807) is 14.2 Å². The van der Waals surface area contributed by atoms with Crippen LogP contribution in [0.2, 0.25) is 0 Å². The molecule has 0 aliphatic carbocycles. The van der Waals surface area contributed by atoms with E-state index < -0.39 is 6.10 Å². The molecule has 0 fully saturated rings. The first kappa shape index (κ1) is 27.5. The van der Waals surface area contributed by atoms with Crippen LogP contribution < -0.4 is 19.5 Å². The fraction of sp³-hybridized carbons (Fsp3) is 0.357. The first-order valence-corrected chi connectivity index (χ1v) is 11.5. The standard InChI is InChI=1S/C28H35NO4.ClH/c1-31-25-15-11-22(12-16-25)28(23-13-17-26(32-2)18-14-23)10-6-7-19-29-20-24(30)21-33-27-8-4-3-5-9-27;/h3-5,8-9,11-18,24,28-30H,6-7,10,19-21H2,1-2H3;1H/t24-;/m0./s1. The zero-order valence-corrected chi connectivity index (χ0v) is 20.8. The van der Waals surface area contributed by atoms with Gasteiger partial charge in [0.25, 0.3) is 0 Å². The van der Waals surface area contributed by atoms with Crippen LogP contribution in [0.3, 0.4) is 0 Å². The topological polar surface area (TPSA) is 60.0 Å². The minimum atomic E-state index is -0.531. The van der Waals surface area contributed by atoms with E-state index in [0.717, 1.165) is 43.1 Å². The Balaban J connectivity index is 0.00000408. The number of benzene rings is 3. The van der Waals surface area contributed by atoms with Crippen molar-refractivity contribution in [3.63, 3.8) is 0 Å². The van der Waals surface area contributed by atoms with E-state index in [-0.39, 0.29) is 19.0 Å². The van der Waals surface area contributed by atoms with Gasteiger partial charge in [-0.15, -0.1) is 12.4 Å². The van der Waals surface area contributed by atoms with Gasteiger partial charge in [0.05, 0.1) is 14.2 Å². The van der Waals surface area contributed by atoms with Crippen molar-refractivity contribution in [2.45, 2.75) is 31.3 Å². The molecule has 0 unspecified atom stereocenters. The lowest BCUT2D eigenvalue weighted by atomic mass is 9.87. The second-order valence-electron chi connectivity index (χ2n) is 8.08. The highest BCUT2D eigenvalue weighted by Gasteiger charge is 2.14. The number of methoxy groups -OCH3 is 2. The molecule has 0 aliphatic heterocycles. The number of ether oxygens (including phenoxy) is 3. The van der Waals surface area contributed by atoms with E-state index in [9.17, 15) is 5.11 Å². The Kier molecular flexibility index (Phi) is 12.3. The van der Waals surface area contributed by atoms with Crippen LogP contribution in [0.1, 0.15) is 36.3 Å². The molecule has 0 saturated heterocycles.